The fraction of sp³-hybridized carbons (Fsp3) is 0.333. The number of hydrogen-bond acceptors (Lipinski definition) is 8. The molecule has 4 aromatic rings. The van der Waals surface area contributed by atoms with Crippen molar-refractivity contribution in [1.82, 2.24) is 24.5 Å². The van der Waals surface area contributed by atoms with Gasteiger partial charge in [0, 0.05) is 36.3 Å². The van der Waals surface area contributed by atoms with Crippen LogP contribution >= 0.6 is 0 Å². The minimum Gasteiger partial charge on any atom is -0.394 e. The first-order chi connectivity index (χ1) is 14.6. The van der Waals surface area contributed by atoms with E-state index < -0.39 is 0 Å². The zero-order chi connectivity index (χ0) is 20.7. The molecule has 4 aromatic heterocycles. The predicted molar refractivity (Wildman–Crippen MR) is 115 cm³/mol. The van der Waals surface area contributed by atoms with E-state index in [1.165, 1.54) is 0 Å². The van der Waals surface area contributed by atoms with Gasteiger partial charge in [0.1, 0.15) is 11.5 Å². The van der Waals surface area contributed by atoms with Crippen molar-refractivity contribution in [3.05, 3.63) is 43.0 Å². The predicted octanol–water partition coefficient (Wildman–Crippen LogP) is 2.24. The molecule has 154 valence electrons. The Hall–Kier alpha value is -3.30. The topological polar surface area (TPSA) is 112 Å². The largest absolute Gasteiger partial charge is 0.394 e. The van der Waals surface area contributed by atoms with Crippen molar-refractivity contribution >= 4 is 39.4 Å². The van der Waals surface area contributed by atoms with Crippen molar-refractivity contribution in [2.75, 3.05) is 29.9 Å². The highest BCUT2D eigenvalue weighted by molar-refractivity contribution is 6.06. The van der Waals surface area contributed by atoms with E-state index in [0.717, 1.165) is 40.6 Å². The van der Waals surface area contributed by atoms with Crippen LogP contribution < -0.4 is 10.2 Å². The lowest BCUT2D eigenvalue weighted by atomic mass is 10.2. The molecule has 0 unspecified atom stereocenters. The molecule has 1 aliphatic heterocycles. The van der Waals surface area contributed by atoms with Crippen LogP contribution in [0.1, 0.15) is 19.4 Å². The molecule has 0 aliphatic carbocycles. The maximum Gasteiger partial charge on any atom is 0.230 e. The quantitative estimate of drug-likeness (QED) is 0.463. The monoisotopic (exact) mass is 405 g/mol. The second-order valence-electron chi connectivity index (χ2n) is 7.64. The van der Waals surface area contributed by atoms with E-state index in [9.17, 15) is 10.2 Å². The van der Waals surface area contributed by atoms with Crippen LogP contribution in [0.2, 0.25) is 0 Å². The molecule has 1 fully saturated rings. The number of hydrogen-bond donors (Lipinski definition) is 3. The van der Waals surface area contributed by atoms with E-state index in [-0.39, 0.29) is 18.8 Å². The van der Waals surface area contributed by atoms with Crippen molar-refractivity contribution < 1.29 is 10.2 Å². The van der Waals surface area contributed by atoms with Gasteiger partial charge in [-0.05, 0) is 31.5 Å². The summed E-state index contributed by atoms with van der Waals surface area (Å²) < 4.78 is 1.99. The molecule has 1 saturated heterocycles. The van der Waals surface area contributed by atoms with Gasteiger partial charge < -0.3 is 25.0 Å². The standard InChI is InChI=1S/C21H23N7O2/c1-13(12-29)28-18-10-22-6-4-16(18)17-9-24-21(26-20(17)28)25-19-3-2-14(8-23-19)27-7-5-15(30)11-27/h2-4,6,8-10,13,15,29-30H,5,7,11-12H2,1H3,(H,23,24,25,26)/t13-,15+/m0/s1. The molecule has 9 heteroatoms. The Bertz CT molecular complexity index is 1190. The second kappa shape index (κ2) is 7.51. The van der Waals surface area contributed by atoms with Crippen LogP contribution in [-0.2, 0) is 0 Å². The number of pyridine rings is 2. The summed E-state index contributed by atoms with van der Waals surface area (Å²) in [6.45, 7) is 3.40. The van der Waals surface area contributed by atoms with Crippen LogP contribution in [0.3, 0.4) is 0 Å². The third-order valence-electron chi connectivity index (χ3n) is 5.57. The van der Waals surface area contributed by atoms with Crippen LogP contribution in [0.4, 0.5) is 17.5 Å². The van der Waals surface area contributed by atoms with E-state index in [1.807, 2.05) is 29.7 Å². The number of β-amino-alcohol motifs (C(OH)–C–C–N with tert-alkyl or cyclic N) is 1. The Kier molecular flexibility index (Phi) is 4.68. The fourth-order valence-corrected chi connectivity index (χ4v) is 3.99. The van der Waals surface area contributed by atoms with E-state index in [0.29, 0.717) is 18.3 Å². The first kappa shape index (κ1) is 18.7. The Morgan fingerprint density at radius 3 is 2.80 bits per heavy atom. The minimum absolute atomic E-state index is 0.00520. The lowest BCUT2D eigenvalue weighted by Crippen LogP contribution is -2.21. The van der Waals surface area contributed by atoms with Gasteiger partial charge in [0.05, 0.1) is 42.4 Å². The summed E-state index contributed by atoms with van der Waals surface area (Å²) >= 11 is 0. The van der Waals surface area contributed by atoms with Crippen molar-refractivity contribution in [1.29, 1.82) is 0 Å². The average molecular weight is 405 g/mol. The lowest BCUT2D eigenvalue weighted by Gasteiger charge is -2.17. The van der Waals surface area contributed by atoms with Crippen LogP contribution in [0.25, 0.3) is 21.9 Å². The summed E-state index contributed by atoms with van der Waals surface area (Å²) in [5.41, 5.74) is 2.63. The highest BCUT2D eigenvalue weighted by Crippen LogP contribution is 2.30. The molecular formula is C21H23N7O2. The number of fused-ring (bicyclic) bond motifs is 3. The van der Waals surface area contributed by atoms with Crippen molar-refractivity contribution in [3.8, 4) is 0 Å². The average Bonchev–Trinajstić information content (AvgIpc) is 3.35. The summed E-state index contributed by atoms with van der Waals surface area (Å²) in [6.07, 6.45) is 7.61. The van der Waals surface area contributed by atoms with Gasteiger partial charge in [-0.2, -0.15) is 4.98 Å². The van der Waals surface area contributed by atoms with Gasteiger partial charge in [-0.25, -0.2) is 9.97 Å². The summed E-state index contributed by atoms with van der Waals surface area (Å²) in [5.74, 6) is 1.07. The number of nitrogens with one attached hydrogen (secondary N) is 1. The Morgan fingerprint density at radius 2 is 2.07 bits per heavy atom. The SMILES string of the molecule is C[C@@H](CO)n1c2cnccc2c2cnc(Nc3ccc(N4CC[C@@H](O)C4)cn3)nc21. The van der Waals surface area contributed by atoms with E-state index in [2.05, 4.69) is 25.2 Å². The Morgan fingerprint density at radius 1 is 1.17 bits per heavy atom. The number of aliphatic hydroxyl groups excluding tert-OH is 2. The molecular weight excluding hydrogens is 382 g/mol. The van der Waals surface area contributed by atoms with E-state index in [1.54, 1.807) is 24.8 Å². The zero-order valence-electron chi connectivity index (χ0n) is 16.6. The van der Waals surface area contributed by atoms with Gasteiger partial charge >= 0.3 is 0 Å². The molecule has 2 atom stereocenters. The van der Waals surface area contributed by atoms with Gasteiger partial charge in [-0.1, -0.05) is 0 Å². The normalized spacial score (nSPS) is 17.7. The highest BCUT2D eigenvalue weighted by atomic mass is 16.3. The molecule has 0 aromatic carbocycles. The Balaban J connectivity index is 1.47. The van der Waals surface area contributed by atoms with Crippen molar-refractivity contribution in [3.63, 3.8) is 0 Å². The van der Waals surface area contributed by atoms with Crippen molar-refractivity contribution in [2.45, 2.75) is 25.5 Å². The minimum atomic E-state index is -0.272. The van der Waals surface area contributed by atoms with Gasteiger partial charge in [0.25, 0.3) is 0 Å². The van der Waals surface area contributed by atoms with Gasteiger partial charge in [0.2, 0.25) is 5.95 Å². The first-order valence-electron chi connectivity index (χ1n) is 10.0. The molecule has 0 bridgehead atoms. The molecule has 30 heavy (non-hydrogen) atoms. The molecule has 0 saturated carbocycles. The Labute approximate surface area is 173 Å². The molecule has 0 amide bonds. The number of anilines is 3. The molecule has 3 N–H and O–H groups in total. The third-order valence-corrected chi connectivity index (χ3v) is 5.57. The van der Waals surface area contributed by atoms with Gasteiger partial charge in [0.15, 0.2) is 0 Å². The molecule has 5 heterocycles. The van der Waals surface area contributed by atoms with E-state index in [4.69, 9.17) is 4.98 Å². The number of rotatable bonds is 5. The molecule has 1 aliphatic rings. The van der Waals surface area contributed by atoms with Crippen molar-refractivity contribution in [2.24, 2.45) is 0 Å². The van der Waals surface area contributed by atoms with E-state index >= 15 is 0 Å². The number of aliphatic hydroxyl groups is 2. The van der Waals surface area contributed by atoms with Crippen LogP contribution in [0.15, 0.2) is 43.0 Å². The number of nitrogens with zero attached hydrogens (tertiary/aromatic N) is 6. The fourth-order valence-electron chi connectivity index (χ4n) is 3.99. The maximum atomic E-state index is 9.73. The highest BCUT2D eigenvalue weighted by Gasteiger charge is 2.21. The lowest BCUT2D eigenvalue weighted by molar-refractivity contribution is 0.198. The first-order valence-corrected chi connectivity index (χ1v) is 10.0. The summed E-state index contributed by atoms with van der Waals surface area (Å²) in [4.78, 5) is 20.0. The maximum absolute atomic E-state index is 9.73. The summed E-state index contributed by atoms with van der Waals surface area (Å²) in [5, 5.41) is 24.5. The summed E-state index contributed by atoms with van der Waals surface area (Å²) in [7, 11) is 0. The zero-order valence-corrected chi connectivity index (χ0v) is 16.6. The van der Waals surface area contributed by atoms with Crippen LogP contribution in [-0.4, -0.2) is 60.5 Å². The summed E-state index contributed by atoms with van der Waals surface area (Å²) in [6, 6.07) is 5.64. The van der Waals surface area contributed by atoms with Gasteiger partial charge in [-0.15, -0.1) is 0 Å². The number of aromatic nitrogens is 5. The second-order valence-corrected chi connectivity index (χ2v) is 7.64. The smallest absolute Gasteiger partial charge is 0.230 e. The molecule has 5 rings (SSSR count). The third kappa shape index (κ3) is 3.21. The van der Waals surface area contributed by atoms with Crippen LogP contribution in [0.5, 0.6) is 0 Å². The molecule has 0 spiro atoms. The van der Waals surface area contributed by atoms with Gasteiger partial charge in [-0.3, -0.25) is 4.98 Å². The van der Waals surface area contributed by atoms with Crippen LogP contribution in [0, 0.1) is 0 Å². The molecule has 0 radical (unpaired) electrons. The molecule has 9 nitrogen and oxygen atoms in total.